The third-order valence-corrected chi connectivity index (χ3v) is 7.06. The number of halogens is 1. The monoisotopic (exact) mass is 453 g/mol. The van der Waals surface area contributed by atoms with E-state index in [-0.39, 0.29) is 0 Å². The molecular formula is C32H20ClN. The van der Waals surface area contributed by atoms with Crippen LogP contribution in [0.4, 0.5) is 0 Å². The number of nitrogens with zero attached hydrogens (tertiary/aromatic N) is 1. The zero-order valence-corrected chi connectivity index (χ0v) is 19.1. The molecule has 6 aromatic carbocycles. The summed E-state index contributed by atoms with van der Waals surface area (Å²) in [6.45, 7) is 0. The summed E-state index contributed by atoms with van der Waals surface area (Å²) in [5.41, 5.74) is 5.95. The summed E-state index contributed by atoms with van der Waals surface area (Å²) < 4.78 is 2.33. The van der Waals surface area contributed by atoms with Crippen molar-refractivity contribution in [1.82, 2.24) is 4.57 Å². The van der Waals surface area contributed by atoms with Crippen LogP contribution in [0.3, 0.4) is 0 Å². The first-order chi connectivity index (χ1) is 16.8. The third-order valence-electron chi connectivity index (χ3n) is 6.82. The van der Waals surface area contributed by atoms with Gasteiger partial charge in [-0.25, -0.2) is 0 Å². The van der Waals surface area contributed by atoms with Crippen molar-refractivity contribution in [1.29, 1.82) is 0 Å². The van der Waals surface area contributed by atoms with Crippen molar-refractivity contribution in [3.63, 3.8) is 0 Å². The van der Waals surface area contributed by atoms with E-state index in [0.717, 1.165) is 10.7 Å². The molecule has 0 saturated carbocycles. The summed E-state index contributed by atoms with van der Waals surface area (Å²) in [6, 6.07) is 43.1. The second-order valence-corrected chi connectivity index (χ2v) is 9.16. The fourth-order valence-corrected chi connectivity index (χ4v) is 5.60. The predicted molar refractivity (Wildman–Crippen MR) is 146 cm³/mol. The van der Waals surface area contributed by atoms with Crippen LogP contribution < -0.4 is 0 Å². The molecular weight excluding hydrogens is 434 g/mol. The molecule has 0 radical (unpaired) electrons. The van der Waals surface area contributed by atoms with Gasteiger partial charge in [-0.1, -0.05) is 103 Å². The minimum Gasteiger partial charge on any atom is -0.309 e. The molecule has 0 amide bonds. The zero-order valence-electron chi connectivity index (χ0n) is 18.4. The zero-order chi connectivity index (χ0) is 22.6. The van der Waals surface area contributed by atoms with Crippen LogP contribution in [0.2, 0.25) is 5.02 Å². The molecule has 7 rings (SSSR count). The number of fused-ring (bicyclic) bond motifs is 6. The maximum absolute atomic E-state index is 6.41. The van der Waals surface area contributed by atoms with Crippen LogP contribution in [0.1, 0.15) is 0 Å². The molecule has 0 aliphatic heterocycles. The Balaban J connectivity index is 1.69. The second kappa shape index (κ2) is 7.48. The molecule has 0 aliphatic carbocycles. The summed E-state index contributed by atoms with van der Waals surface area (Å²) in [5, 5.41) is 8.31. The van der Waals surface area contributed by atoms with Crippen molar-refractivity contribution in [2.75, 3.05) is 0 Å². The Kier molecular flexibility index (Phi) is 4.27. The van der Waals surface area contributed by atoms with Gasteiger partial charge in [0.05, 0.1) is 11.0 Å². The lowest BCUT2D eigenvalue weighted by molar-refractivity contribution is 1.18. The largest absolute Gasteiger partial charge is 0.309 e. The van der Waals surface area contributed by atoms with Gasteiger partial charge in [0, 0.05) is 21.5 Å². The normalized spacial score (nSPS) is 11.7. The number of benzene rings is 6. The molecule has 2 heteroatoms. The highest BCUT2D eigenvalue weighted by molar-refractivity contribution is 6.31. The Bertz CT molecular complexity index is 1870. The van der Waals surface area contributed by atoms with Gasteiger partial charge in [-0.3, -0.25) is 0 Å². The third kappa shape index (κ3) is 2.81. The van der Waals surface area contributed by atoms with Crippen LogP contribution in [-0.4, -0.2) is 4.57 Å². The van der Waals surface area contributed by atoms with E-state index in [2.05, 4.69) is 108 Å². The fourth-order valence-electron chi connectivity index (χ4n) is 5.42. The van der Waals surface area contributed by atoms with Crippen molar-refractivity contribution in [3.05, 3.63) is 126 Å². The summed E-state index contributed by atoms with van der Waals surface area (Å²) in [6.07, 6.45) is 0. The van der Waals surface area contributed by atoms with Crippen LogP contribution in [0.5, 0.6) is 0 Å². The lowest BCUT2D eigenvalue weighted by atomic mass is 9.92. The smallest absolute Gasteiger partial charge is 0.0547 e. The van der Waals surface area contributed by atoms with Crippen molar-refractivity contribution < 1.29 is 0 Å². The maximum Gasteiger partial charge on any atom is 0.0547 e. The van der Waals surface area contributed by atoms with Crippen LogP contribution >= 0.6 is 11.6 Å². The minimum absolute atomic E-state index is 0.737. The maximum atomic E-state index is 6.41. The van der Waals surface area contributed by atoms with Crippen LogP contribution in [0.15, 0.2) is 121 Å². The summed E-state index contributed by atoms with van der Waals surface area (Å²) in [5.74, 6) is 0. The Morgan fingerprint density at radius 1 is 0.471 bits per heavy atom. The first-order valence-corrected chi connectivity index (χ1v) is 11.9. The average Bonchev–Trinajstić information content (AvgIpc) is 3.23. The van der Waals surface area contributed by atoms with E-state index < -0.39 is 0 Å². The molecule has 0 atom stereocenters. The first kappa shape index (κ1) is 19.4. The molecule has 160 valence electrons. The van der Waals surface area contributed by atoms with Crippen molar-refractivity contribution in [2.24, 2.45) is 0 Å². The molecule has 34 heavy (non-hydrogen) atoms. The van der Waals surface area contributed by atoms with Gasteiger partial charge < -0.3 is 4.57 Å². The van der Waals surface area contributed by atoms with Gasteiger partial charge in [-0.2, -0.15) is 0 Å². The standard InChI is InChI=1S/C32H20ClN/c33-23-11-7-12-24(20-23)34-29-17-4-3-14-28(29)32-30(34)19-18-22-10-6-16-27(31(22)32)26-15-5-9-21-8-1-2-13-25(21)26/h1-20H. The summed E-state index contributed by atoms with van der Waals surface area (Å²) in [4.78, 5) is 0. The Hall–Kier alpha value is -4.07. The lowest BCUT2D eigenvalue weighted by Crippen LogP contribution is -1.93. The van der Waals surface area contributed by atoms with Crippen molar-refractivity contribution in [2.45, 2.75) is 0 Å². The van der Waals surface area contributed by atoms with Crippen LogP contribution in [0, 0.1) is 0 Å². The highest BCUT2D eigenvalue weighted by Gasteiger charge is 2.17. The average molecular weight is 454 g/mol. The summed E-state index contributed by atoms with van der Waals surface area (Å²) in [7, 11) is 0. The molecule has 1 nitrogen and oxygen atoms in total. The minimum atomic E-state index is 0.737. The SMILES string of the molecule is Clc1cccc(-n2c3ccccc3c3c4c(-c5cccc6ccccc56)cccc4ccc32)c1. The van der Waals surface area contributed by atoms with Crippen molar-refractivity contribution >= 4 is 55.0 Å². The van der Waals surface area contributed by atoms with Crippen molar-refractivity contribution in [3.8, 4) is 16.8 Å². The molecule has 0 unspecified atom stereocenters. The van der Waals surface area contributed by atoms with E-state index in [4.69, 9.17) is 11.6 Å². The Labute approximate surface area is 202 Å². The number of rotatable bonds is 2. The van der Waals surface area contributed by atoms with Gasteiger partial charge in [0.15, 0.2) is 0 Å². The molecule has 1 aromatic heterocycles. The highest BCUT2D eigenvalue weighted by Crippen LogP contribution is 2.42. The van der Waals surface area contributed by atoms with Gasteiger partial charge in [-0.05, 0) is 63.0 Å². The molecule has 0 N–H and O–H groups in total. The number of para-hydroxylation sites is 1. The number of hydrogen-bond donors (Lipinski definition) is 0. The van der Waals surface area contributed by atoms with E-state index in [1.54, 1.807) is 0 Å². The van der Waals surface area contributed by atoms with Crippen LogP contribution in [-0.2, 0) is 0 Å². The molecule has 1 heterocycles. The van der Waals surface area contributed by atoms with E-state index in [1.165, 1.54) is 54.5 Å². The van der Waals surface area contributed by atoms with Crippen LogP contribution in [0.25, 0.3) is 60.2 Å². The quantitative estimate of drug-likeness (QED) is 0.245. The molecule has 0 bridgehead atoms. The van der Waals surface area contributed by atoms with E-state index in [1.807, 2.05) is 18.2 Å². The molecule has 0 fully saturated rings. The predicted octanol–water partition coefficient (Wildman–Crippen LogP) is 9.41. The molecule has 0 saturated heterocycles. The summed E-state index contributed by atoms with van der Waals surface area (Å²) >= 11 is 6.41. The topological polar surface area (TPSA) is 4.93 Å². The van der Waals surface area contributed by atoms with Gasteiger partial charge in [0.1, 0.15) is 0 Å². The van der Waals surface area contributed by atoms with E-state index in [9.17, 15) is 0 Å². The Morgan fingerprint density at radius 3 is 2.06 bits per heavy atom. The first-order valence-electron chi connectivity index (χ1n) is 11.5. The second-order valence-electron chi connectivity index (χ2n) is 8.72. The molecule has 7 aromatic rings. The van der Waals surface area contributed by atoms with E-state index >= 15 is 0 Å². The Morgan fingerprint density at radius 2 is 1.18 bits per heavy atom. The lowest BCUT2D eigenvalue weighted by Gasteiger charge is -2.13. The number of hydrogen-bond acceptors (Lipinski definition) is 0. The van der Waals surface area contributed by atoms with Gasteiger partial charge in [0.2, 0.25) is 0 Å². The fraction of sp³-hybridized carbons (Fsp3) is 0. The van der Waals surface area contributed by atoms with Gasteiger partial charge in [-0.15, -0.1) is 0 Å². The molecule has 0 aliphatic rings. The van der Waals surface area contributed by atoms with Gasteiger partial charge >= 0.3 is 0 Å². The van der Waals surface area contributed by atoms with Gasteiger partial charge in [0.25, 0.3) is 0 Å². The molecule has 0 spiro atoms. The van der Waals surface area contributed by atoms with E-state index in [0.29, 0.717) is 0 Å². The highest BCUT2D eigenvalue weighted by atomic mass is 35.5. The number of aromatic nitrogens is 1.